The highest BCUT2D eigenvalue weighted by atomic mass is 32.1. The predicted octanol–water partition coefficient (Wildman–Crippen LogP) is 2.02. The fourth-order valence-electron chi connectivity index (χ4n) is 2.75. The molecule has 6 heteroatoms. The van der Waals surface area contributed by atoms with Crippen LogP contribution < -0.4 is 10.6 Å². The van der Waals surface area contributed by atoms with E-state index in [2.05, 4.69) is 21.6 Å². The second-order valence-electron chi connectivity index (χ2n) is 5.34. The summed E-state index contributed by atoms with van der Waals surface area (Å²) in [5.74, 6) is -0.0229. The summed E-state index contributed by atoms with van der Waals surface area (Å²) in [5, 5.41) is 17.5. The van der Waals surface area contributed by atoms with Crippen LogP contribution in [0.3, 0.4) is 0 Å². The fourth-order valence-corrected chi connectivity index (χ4v) is 3.50. The number of nitrogens with zero attached hydrogens (tertiary/aromatic N) is 2. The number of anilines is 1. The molecule has 1 unspecified atom stereocenters. The molecular formula is C15H22N4OS. The van der Waals surface area contributed by atoms with Gasteiger partial charge in [0.1, 0.15) is 11.1 Å². The molecule has 0 bridgehead atoms. The monoisotopic (exact) mass is 306 g/mol. The van der Waals surface area contributed by atoms with Gasteiger partial charge in [0.25, 0.3) is 0 Å². The van der Waals surface area contributed by atoms with E-state index in [1.54, 1.807) is 6.07 Å². The van der Waals surface area contributed by atoms with E-state index in [0.29, 0.717) is 23.2 Å². The molecule has 0 aliphatic carbocycles. The third kappa shape index (κ3) is 4.53. The van der Waals surface area contributed by atoms with Crippen molar-refractivity contribution in [1.82, 2.24) is 10.2 Å². The molecule has 1 saturated heterocycles. The highest BCUT2D eigenvalue weighted by molar-refractivity contribution is 7.14. The van der Waals surface area contributed by atoms with Crippen LogP contribution in [-0.4, -0.2) is 43.5 Å². The summed E-state index contributed by atoms with van der Waals surface area (Å²) in [6, 6.07) is 4.31. The van der Waals surface area contributed by atoms with Crippen LogP contribution in [0, 0.1) is 11.3 Å². The number of nitrogens with one attached hydrogen (secondary N) is 2. The molecule has 0 spiro atoms. The van der Waals surface area contributed by atoms with E-state index in [-0.39, 0.29) is 5.91 Å². The second-order valence-corrected chi connectivity index (χ2v) is 6.25. The molecule has 1 atom stereocenters. The predicted molar refractivity (Wildman–Crippen MR) is 85.4 cm³/mol. The third-order valence-electron chi connectivity index (χ3n) is 3.86. The van der Waals surface area contributed by atoms with Crippen LogP contribution >= 0.6 is 11.3 Å². The molecule has 0 saturated carbocycles. The molecule has 2 N–H and O–H groups in total. The average molecular weight is 306 g/mol. The number of amides is 1. The lowest BCUT2D eigenvalue weighted by molar-refractivity contribution is -0.118. The SMILES string of the molecule is CNCCC1CCCCN1CC(=O)Nc1sccc1C#N. The molecule has 5 nitrogen and oxygen atoms in total. The van der Waals surface area contributed by atoms with Crippen LogP contribution in [0.25, 0.3) is 0 Å². The Morgan fingerprint density at radius 3 is 3.19 bits per heavy atom. The lowest BCUT2D eigenvalue weighted by Gasteiger charge is -2.35. The van der Waals surface area contributed by atoms with E-state index in [1.165, 1.54) is 17.8 Å². The van der Waals surface area contributed by atoms with Crippen molar-refractivity contribution in [3.63, 3.8) is 0 Å². The Bertz CT molecular complexity index is 508. The second kappa shape index (κ2) is 8.13. The van der Waals surface area contributed by atoms with Crippen LogP contribution in [0.1, 0.15) is 31.2 Å². The number of thiophene rings is 1. The van der Waals surface area contributed by atoms with Crippen molar-refractivity contribution in [3.8, 4) is 6.07 Å². The Morgan fingerprint density at radius 1 is 1.57 bits per heavy atom. The minimum Gasteiger partial charge on any atom is -0.320 e. The topological polar surface area (TPSA) is 68.2 Å². The van der Waals surface area contributed by atoms with Gasteiger partial charge < -0.3 is 10.6 Å². The van der Waals surface area contributed by atoms with Crippen molar-refractivity contribution < 1.29 is 4.79 Å². The summed E-state index contributed by atoms with van der Waals surface area (Å²) >= 11 is 1.40. The Kier molecular flexibility index (Phi) is 6.18. The number of carbonyl (C=O) groups excluding carboxylic acids is 1. The summed E-state index contributed by atoms with van der Waals surface area (Å²) in [7, 11) is 1.96. The summed E-state index contributed by atoms with van der Waals surface area (Å²) in [5.41, 5.74) is 0.540. The van der Waals surface area contributed by atoms with Gasteiger partial charge in [0.2, 0.25) is 5.91 Å². The maximum atomic E-state index is 12.2. The molecule has 1 aromatic rings. The quantitative estimate of drug-likeness (QED) is 0.844. The van der Waals surface area contributed by atoms with E-state index >= 15 is 0 Å². The van der Waals surface area contributed by atoms with Gasteiger partial charge in [0.15, 0.2) is 0 Å². The number of hydrogen-bond donors (Lipinski definition) is 2. The first-order chi connectivity index (χ1) is 10.2. The number of nitriles is 1. The van der Waals surface area contributed by atoms with Gasteiger partial charge in [0.05, 0.1) is 12.1 Å². The number of carbonyl (C=O) groups is 1. The zero-order valence-corrected chi connectivity index (χ0v) is 13.2. The van der Waals surface area contributed by atoms with Crippen molar-refractivity contribution in [3.05, 3.63) is 17.0 Å². The fraction of sp³-hybridized carbons (Fsp3) is 0.600. The van der Waals surface area contributed by atoms with Crippen LogP contribution in [0.5, 0.6) is 0 Å². The lowest BCUT2D eigenvalue weighted by Crippen LogP contribution is -2.44. The van der Waals surface area contributed by atoms with E-state index < -0.39 is 0 Å². The van der Waals surface area contributed by atoms with Crippen molar-refractivity contribution >= 4 is 22.2 Å². The number of hydrogen-bond acceptors (Lipinski definition) is 5. The van der Waals surface area contributed by atoms with Gasteiger partial charge in [-0.05, 0) is 50.8 Å². The highest BCUT2D eigenvalue weighted by Gasteiger charge is 2.24. The molecule has 0 aromatic carbocycles. The summed E-state index contributed by atoms with van der Waals surface area (Å²) < 4.78 is 0. The van der Waals surface area contributed by atoms with Crippen molar-refractivity contribution in [2.75, 3.05) is 32.0 Å². The summed E-state index contributed by atoms with van der Waals surface area (Å²) in [4.78, 5) is 14.5. The van der Waals surface area contributed by atoms with Crippen molar-refractivity contribution in [2.24, 2.45) is 0 Å². The molecule has 1 aliphatic heterocycles. The van der Waals surface area contributed by atoms with Gasteiger partial charge >= 0.3 is 0 Å². The zero-order chi connectivity index (χ0) is 15.1. The molecule has 1 aliphatic rings. The first-order valence-corrected chi connectivity index (χ1v) is 8.28. The molecule has 1 fully saturated rings. The third-order valence-corrected chi connectivity index (χ3v) is 4.69. The lowest BCUT2D eigenvalue weighted by atomic mass is 9.99. The largest absolute Gasteiger partial charge is 0.320 e. The van der Waals surface area contributed by atoms with Crippen LogP contribution in [0.2, 0.25) is 0 Å². The Balaban J connectivity index is 1.89. The Morgan fingerprint density at radius 2 is 2.43 bits per heavy atom. The van der Waals surface area contributed by atoms with Gasteiger partial charge in [-0.25, -0.2) is 0 Å². The first-order valence-electron chi connectivity index (χ1n) is 7.40. The standard InChI is InChI=1S/C15H22N4OS/c1-17-7-5-13-4-2-3-8-19(13)11-14(20)18-15-12(10-16)6-9-21-15/h6,9,13,17H,2-5,7-8,11H2,1H3,(H,18,20). The number of piperidine rings is 1. The van der Waals surface area contributed by atoms with E-state index in [0.717, 1.165) is 32.4 Å². The van der Waals surface area contributed by atoms with Gasteiger partial charge in [-0.2, -0.15) is 5.26 Å². The molecular weight excluding hydrogens is 284 g/mol. The van der Waals surface area contributed by atoms with Gasteiger partial charge in [-0.3, -0.25) is 9.69 Å². The molecule has 1 amide bonds. The highest BCUT2D eigenvalue weighted by Crippen LogP contribution is 2.23. The minimum absolute atomic E-state index is 0.0229. The van der Waals surface area contributed by atoms with Gasteiger partial charge in [0, 0.05) is 6.04 Å². The van der Waals surface area contributed by atoms with Gasteiger partial charge in [-0.1, -0.05) is 6.42 Å². The average Bonchev–Trinajstić information content (AvgIpc) is 2.93. The summed E-state index contributed by atoms with van der Waals surface area (Å²) in [6.45, 7) is 2.38. The van der Waals surface area contributed by atoms with Gasteiger partial charge in [-0.15, -0.1) is 11.3 Å². The number of rotatable bonds is 6. The molecule has 21 heavy (non-hydrogen) atoms. The minimum atomic E-state index is -0.0229. The van der Waals surface area contributed by atoms with Crippen LogP contribution in [0.15, 0.2) is 11.4 Å². The molecule has 1 aromatic heterocycles. The van der Waals surface area contributed by atoms with E-state index in [4.69, 9.17) is 5.26 Å². The number of likely N-dealkylation sites (tertiary alicyclic amines) is 1. The molecule has 2 rings (SSSR count). The Labute approximate surface area is 129 Å². The molecule has 0 radical (unpaired) electrons. The van der Waals surface area contributed by atoms with Crippen LogP contribution in [0.4, 0.5) is 5.00 Å². The van der Waals surface area contributed by atoms with E-state index in [9.17, 15) is 4.79 Å². The maximum Gasteiger partial charge on any atom is 0.239 e. The zero-order valence-electron chi connectivity index (χ0n) is 12.4. The Hall–Kier alpha value is -1.42. The first kappa shape index (κ1) is 16.0. The molecule has 2 heterocycles. The van der Waals surface area contributed by atoms with Crippen LogP contribution in [-0.2, 0) is 4.79 Å². The van der Waals surface area contributed by atoms with E-state index in [1.807, 2.05) is 12.4 Å². The smallest absolute Gasteiger partial charge is 0.239 e. The summed E-state index contributed by atoms with van der Waals surface area (Å²) in [6.07, 6.45) is 4.64. The maximum absolute atomic E-state index is 12.2. The van der Waals surface area contributed by atoms with Crippen molar-refractivity contribution in [1.29, 1.82) is 5.26 Å². The van der Waals surface area contributed by atoms with Crippen molar-refractivity contribution in [2.45, 2.75) is 31.7 Å². The molecule has 114 valence electrons. The normalized spacial score (nSPS) is 19.1.